The van der Waals surface area contributed by atoms with Gasteiger partial charge in [-0.05, 0) is 18.6 Å². The summed E-state index contributed by atoms with van der Waals surface area (Å²) < 4.78 is 0. The van der Waals surface area contributed by atoms with Crippen LogP contribution in [0.25, 0.3) is 10.9 Å². The number of nitrogens with two attached hydrogens (primary N) is 1. The lowest BCUT2D eigenvalue weighted by molar-refractivity contribution is 0.944. The van der Waals surface area contributed by atoms with Crippen molar-refractivity contribution in [3.63, 3.8) is 0 Å². The van der Waals surface area contributed by atoms with Crippen LogP contribution in [0.3, 0.4) is 0 Å². The number of benzene rings is 1. The molecule has 0 saturated heterocycles. The molecule has 0 aliphatic rings. The third kappa shape index (κ3) is 1.42. The Hall–Kier alpha value is -0.930. The summed E-state index contributed by atoms with van der Waals surface area (Å²) in [4.78, 5) is 3.34. The molecule has 3 N–H and O–H groups in total. The highest BCUT2D eigenvalue weighted by molar-refractivity contribution is 7.80. The average molecular weight is 206 g/mol. The van der Waals surface area contributed by atoms with E-state index in [-0.39, 0.29) is 5.25 Å². The van der Waals surface area contributed by atoms with Gasteiger partial charge in [-0.15, -0.1) is 0 Å². The molecule has 2 aromatic rings. The second-order valence-electron chi connectivity index (χ2n) is 3.46. The van der Waals surface area contributed by atoms with Gasteiger partial charge in [0, 0.05) is 28.4 Å². The topological polar surface area (TPSA) is 41.8 Å². The molecular weight excluding hydrogens is 192 g/mol. The number of H-pyrrole nitrogens is 1. The van der Waals surface area contributed by atoms with Crippen LogP contribution in [0.5, 0.6) is 0 Å². The minimum atomic E-state index is 0.117. The van der Waals surface area contributed by atoms with Crippen molar-refractivity contribution < 1.29 is 0 Å². The van der Waals surface area contributed by atoms with Crippen LogP contribution in [0.1, 0.15) is 16.5 Å². The highest BCUT2D eigenvalue weighted by atomic mass is 32.1. The van der Waals surface area contributed by atoms with E-state index in [0.717, 1.165) is 11.2 Å². The molecular formula is C11H14N2S. The van der Waals surface area contributed by atoms with Gasteiger partial charge < -0.3 is 10.7 Å². The van der Waals surface area contributed by atoms with Crippen LogP contribution in [-0.2, 0) is 0 Å². The summed E-state index contributed by atoms with van der Waals surface area (Å²) in [6, 6.07) is 8.24. The summed E-state index contributed by atoms with van der Waals surface area (Å²) in [5.41, 5.74) is 9.18. The maximum atomic E-state index is 5.63. The Morgan fingerprint density at radius 2 is 2.14 bits per heavy atom. The molecule has 1 aromatic heterocycles. The number of rotatable bonds is 2. The molecule has 0 amide bonds. The van der Waals surface area contributed by atoms with Crippen molar-refractivity contribution in [2.45, 2.75) is 12.2 Å². The molecule has 2 rings (SSSR count). The lowest BCUT2D eigenvalue weighted by Crippen LogP contribution is -2.07. The number of hydrogen-bond donors (Lipinski definition) is 3. The molecule has 1 aromatic carbocycles. The van der Waals surface area contributed by atoms with Crippen LogP contribution < -0.4 is 5.73 Å². The Morgan fingerprint density at radius 3 is 2.86 bits per heavy atom. The molecule has 2 nitrogen and oxygen atoms in total. The van der Waals surface area contributed by atoms with Crippen molar-refractivity contribution in [2.24, 2.45) is 5.73 Å². The normalized spacial score (nSPS) is 13.4. The largest absolute Gasteiger partial charge is 0.358 e. The molecule has 0 aliphatic heterocycles. The molecule has 3 heteroatoms. The number of aromatic nitrogens is 1. The highest BCUT2D eigenvalue weighted by Gasteiger charge is 2.13. The quantitative estimate of drug-likeness (QED) is 0.649. The van der Waals surface area contributed by atoms with E-state index in [4.69, 9.17) is 5.73 Å². The van der Waals surface area contributed by atoms with Crippen molar-refractivity contribution in [1.29, 1.82) is 0 Å². The van der Waals surface area contributed by atoms with Crippen LogP contribution in [0, 0.1) is 6.92 Å². The minimum Gasteiger partial charge on any atom is -0.358 e. The fourth-order valence-corrected chi connectivity index (χ4v) is 2.18. The van der Waals surface area contributed by atoms with Crippen molar-refractivity contribution in [3.8, 4) is 0 Å². The third-order valence-corrected chi connectivity index (χ3v) is 2.97. The van der Waals surface area contributed by atoms with Crippen LogP contribution in [-0.4, -0.2) is 11.5 Å². The predicted molar refractivity (Wildman–Crippen MR) is 63.8 cm³/mol. The lowest BCUT2D eigenvalue weighted by Gasteiger charge is -2.07. The first-order chi connectivity index (χ1) is 6.74. The zero-order valence-corrected chi connectivity index (χ0v) is 9.01. The summed E-state index contributed by atoms with van der Waals surface area (Å²) in [5.74, 6) is 0. The molecule has 1 atom stereocenters. The summed E-state index contributed by atoms with van der Waals surface area (Å²) in [6.45, 7) is 2.63. The third-order valence-electron chi connectivity index (χ3n) is 2.50. The molecule has 1 unspecified atom stereocenters. The smallest absolute Gasteiger partial charge is 0.0459 e. The van der Waals surface area contributed by atoms with E-state index in [1.54, 1.807) is 0 Å². The fourth-order valence-electron chi connectivity index (χ4n) is 1.85. The summed E-state index contributed by atoms with van der Waals surface area (Å²) >= 11 is 4.49. The summed E-state index contributed by atoms with van der Waals surface area (Å²) in [5, 5.41) is 1.35. The Labute approximate surface area is 88.9 Å². The van der Waals surface area contributed by atoms with Gasteiger partial charge in [0.15, 0.2) is 0 Å². The molecule has 0 radical (unpaired) electrons. The van der Waals surface area contributed by atoms with Gasteiger partial charge in [0.25, 0.3) is 0 Å². The van der Waals surface area contributed by atoms with Gasteiger partial charge >= 0.3 is 0 Å². The van der Waals surface area contributed by atoms with Gasteiger partial charge in [-0.2, -0.15) is 12.6 Å². The Kier molecular flexibility index (Phi) is 2.52. The second kappa shape index (κ2) is 3.67. The van der Waals surface area contributed by atoms with Crippen molar-refractivity contribution in [2.75, 3.05) is 6.54 Å². The molecule has 0 spiro atoms. The zero-order valence-electron chi connectivity index (χ0n) is 8.12. The minimum absolute atomic E-state index is 0.117. The number of nitrogens with one attached hydrogen (secondary N) is 1. The van der Waals surface area contributed by atoms with E-state index >= 15 is 0 Å². The summed E-state index contributed by atoms with van der Waals surface area (Å²) in [6.07, 6.45) is 0. The molecule has 1 heterocycles. The molecule has 0 saturated carbocycles. The van der Waals surface area contributed by atoms with Crippen LogP contribution in [0.2, 0.25) is 0 Å². The predicted octanol–water partition coefficient (Wildman–Crippen LogP) is 2.41. The van der Waals surface area contributed by atoms with E-state index in [0.29, 0.717) is 6.54 Å². The maximum Gasteiger partial charge on any atom is 0.0459 e. The zero-order chi connectivity index (χ0) is 10.1. The molecule has 74 valence electrons. The molecule has 0 aliphatic carbocycles. The van der Waals surface area contributed by atoms with Crippen molar-refractivity contribution in [3.05, 3.63) is 35.5 Å². The van der Waals surface area contributed by atoms with Crippen molar-refractivity contribution >= 4 is 23.5 Å². The average Bonchev–Trinajstić information content (AvgIpc) is 2.53. The number of aryl methyl sites for hydroxylation is 1. The van der Waals surface area contributed by atoms with Gasteiger partial charge in [0.2, 0.25) is 0 Å². The number of hydrogen-bond acceptors (Lipinski definition) is 2. The first kappa shape index (κ1) is 9.62. The van der Waals surface area contributed by atoms with Crippen LogP contribution in [0.4, 0.5) is 0 Å². The van der Waals surface area contributed by atoms with Crippen molar-refractivity contribution in [1.82, 2.24) is 4.98 Å². The van der Waals surface area contributed by atoms with Gasteiger partial charge in [-0.25, -0.2) is 0 Å². The van der Waals surface area contributed by atoms with E-state index < -0.39 is 0 Å². The monoisotopic (exact) mass is 206 g/mol. The van der Waals surface area contributed by atoms with E-state index in [9.17, 15) is 0 Å². The Balaban J connectivity index is 2.67. The van der Waals surface area contributed by atoms with E-state index in [1.165, 1.54) is 10.9 Å². The molecule has 0 bridgehead atoms. The number of aromatic amines is 1. The van der Waals surface area contributed by atoms with E-state index in [2.05, 4.69) is 36.7 Å². The lowest BCUT2D eigenvalue weighted by atomic mass is 10.1. The van der Waals surface area contributed by atoms with E-state index in [1.807, 2.05) is 12.1 Å². The fraction of sp³-hybridized carbons (Fsp3) is 0.273. The summed E-state index contributed by atoms with van der Waals surface area (Å²) in [7, 11) is 0. The van der Waals surface area contributed by atoms with Gasteiger partial charge in [0.1, 0.15) is 0 Å². The number of para-hydroxylation sites is 1. The highest BCUT2D eigenvalue weighted by Crippen LogP contribution is 2.30. The molecule has 0 fully saturated rings. The first-order valence-electron chi connectivity index (χ1n) is 4.69. The second-order valence-corrected chi connectivity index (χ2v) is 4.08. The number of fused-ring (bicyclic) bond motifs is 1. The van der Waals surface area contributed by atoms with Crippen LogP contribution >= 0.6 is 12.6 Å². The van der Waals surface area contributed by atoms with Gasteiger partial charge in [-0.1, -0.05) is 18.2 Å². The van der Waals surface area contributed by atoms with Gasteiger partial charge in [-0.3, -0.25) is 0 Å². The standard InChI is InChI=1S/C11H14N2S/c1-7-11(10(14)6-12)8-4-2-3-5-9(8)13-7/h2-5,10,13-14H,6,12H2,1H3. The molecule has 14 heavy (non-hydrogen) atoms. The maximum absolute atomic E-state index is 5.63. The van der Waals surface area contributed by atoms with Gasteiger partial charge in [0.05, 0.1) is 0 Å². The van der Waals surface area contributed by atoms with Crippen LogP contribution in [0.15, 0.2) is 24.3 Å². The SMILES string of the molecule is Cc1[nH]c2ccccc2c1C(S)CN. The number of thiol groups is 1. The Morgan fingerprint density at radius 1 is 1.43 bits per heavy atom. The Bertz CT molecular complexity index is 447. The first-order valence-corrected chi connectivity index (χ1v) is 5.21.